The van der Waals surface area contributed by atoms with Gasteiger partial charge in [0, 0.05) is 17.6 Å². The van der Waals surface area contributed by atoms with Crippen LogP contribution in [-0.2, 0) is 6.42 Å². The lowest BCUT2D eigenvalue weighted by molar-refractivity contribution is 0.180. The van der Waals surface area contributed by atoms with Gasteiger partial charge in [-0.15, -0.1) is 0 Å². The Bertz CT molecular complexity index is 458. The van der Waals surface area contributed by atoms with E-state index in [0.717, 1.165) is 17.5 Å². The molecular formula is C18H26ClN. The molecule has 2 heteroatoms. The first-order chi connectivity index (χ1) is 9.67. The van der Waals surface area contributed by atoms with Crippen LogP contribution in [-0.4, -0.2) is 12.6 Å². The normalized spacial score (nSPS) is 21.9. The Balaban J connectivity index is 1.73. The molecule has 0 aromatic heterocycles. The Morgan fingerprint density at radius 1 is 1.20 bits per heavy atom. The molecule has 2 fully saturated rings. The molecule has 3 rings (SSSR count). The quantitative estimate of drug-likeness (QED) is 0.814. The molecule has 0 saturated heterocycles. The molecule has 1 aromatic carbocycles. The van der Waals surface area contributed by atoms with Gasteiger partial charge in [-0.25, -0.2) is 0 Å². The van der Waals surface area contributed by atoms with Gasteiger partial charge in [-0.1, -0.05) is 43.0 Å². The molecule has 0 unspecified atom stereocenters. The molecule has 110 valence electrons. The minimum absolute atomic E-state index is 0.444. The van der Waals surface area contributed by atoms with Gasteiger partial charge in [0.25, 0.3) is 0 Å². The van der Waals surface area contributed by atoms with Crippen molar-refractivity contribution in [2.75, 3.05) is 6.54 Å². The maximum absolute atomic E-state index is 6.47. The van der Waals surface area contributed by atoms with Crippen molar-refractivity contribution in [3.05, 3.63) is 34.3 Å². The van der Waals surface area contributed by atoms with Crippen LogP contribution >= 0.6 is 11.6 Å². The number of benzene rings is 1. The van der Waals surface area contributed by atoms with Crippen LogP contribution in [0.5, 0.6) is 0 Å². The number of hydrogen-bond donors (Lipinski definition) is 1. The number of halogens is 1. The van der Waals surface area contributed by atoms with E-state index in [1.165, 1.54) is 62.6 Å². The van der Waals surface area contributed by atoms with E-state index in [0.29, 0.717) is 5.41 Å². The smallest absolute Gasteiger partial charge is 0.0440 e. The van der Waals surface area contributed by atoms with Crippen molar-refractivity contribution in [3.8, 4) is 0 Å². The first-order valence-corrected chi connectivity index (χ1v) is 8.53. The summed E-state index contributed by atoms with van der Waals surface area (Å²) in [5, 5.41) is 4.73. The van der Waals surface area contributed by atoms with Crippen LogP contribution in [0.4, 0.5) is 0 Å². The third-order valence-corrected chi connectivity index (χ3v) is 5.38. The summed E-state index contributed by atoms with van der Waals surface area (Å²) in [4.78, 5) is 0. The number of aryl methyl sites for hydroxylation is 1. The average Bonchev–Trinajstić information content (AvgIpc) is 3.25. The molecule has 1 aromatic rings. The minimum atomic E-state index is 0.444. The van der Waals surface area contributed by atoms with Crippen LogP contribution in [0.25, 0.3) is 0 Å². The molecule has 0 atom stereocenters. The van der Waals surface area contributed by atoms with Crippen LogP contribution in [0, 0.1) is 12.3 Å². The third-order valence-electron chi connectivity index (χ3n) is 5.03. The molecule has 0 aliphatic heterocycles. The fourth-order valence-corrected chi connectivity index (χ4v) is 3.87. The molecule has 2 aliphatic rings. The van der Waals surface area contributed by atoms with Gasteiger partial charge in [-0.05, 0) is 61.6 Å². The molecule has 0 heterocycles. The first kappa shape index (κ1) is 14.4. The van der Waals surface area contributed by atoms with Gasteiger partial charge in [-0.2, -0.15) is 0 Å². The zero-order valence-corrected chi connectivity index (χ0v) is 13.3. The average molecular weight is 292 g/mol. The molecule has 2 aliphatic carbocycles. The zero-order chi connectivity index (χ0) is 14.0. The molecule has 0 spiro atoms. The largest absolute Gasteiger partial charge is 0.313 e. The lowest BCUT2D eigenvalue weighted by atomic mass is 9.70. The van der Waals surface area contributed by atoms with E-state index in [9.17, 15) is 0 Å². The summed E-state index contributed by atoms with van der Waals surface area (Å²) in [6, 6.07) is 7.36. The van der Waals surface area contributed by atoms with Gasteiger partial charge in [-0.3, -0.25) is 0 Å². The number of nitrogens with one attached hydrogen (secondary N) is 1. The summed E-state index contributed by atoms with van der Waals surface area (Å²) in [6.07, 6.45) is 10.8. The van der Waals surface area contributed by atoms with E-state index in [4.69, 9.17) is 11.6 Å². The van der Waals surface area contributed by atoms with Crippen LogP contribution in [0.2, 0.25) is 5.02 Å². The Morgan fingerprint density at radius 2 is 1.95 bits per heavy atom. The Hall–Kier alpha value is -0.530. The molecule has 0 radical (unpaired) electrons. The van der Waals surface area contributed by atoms with Gasteiger partial charge in [0.2, 0.25) is 0 Å². The molecule has 1 nitrogen and oxygen atoms in total. The number of rotatable bonds is 5. The maximum atomic E-state index is 6.47. The van der Waals surface area contributed by atoms with Crippen molar-refractivity contribution in [1.82, 2.24) is 5.32 Å². The van der Waals surface area contributed by atoms with E-state index in [1.807, 2.05) is 0 Å². The maximum Gasteiger partial charge on any atom is 0.0440 e. The van der Waals surface area contributed by atoms with Crippen molar-refractivity contribution in [3.63, 3.8) is 0 Å². The van der Waals surface area contributed by atoms with Crippen molar-refractivity contribution >= 4 is 11.6 Å². The summed E-state index contributed by atoms with van der Waals surface area (Å²) < 4.78 is 0. The molecule has 0 bridgehead atoms. The summed E-state index contributed by atoms with van der Waals surface area (Å²) in [5.74, 6) is 0. The molecule has 2 saturated carbocycles. The second-order valence-electron chi connectivity index (χ2n) is 6.99. The predicted molar refractivity (Wildman–Crippen MR) is 86.4 cm³/mol. The van der Waals surface area contributed by atoms with Gasteiger partial charge >= 0.3 is 0 Å². The fourth-order valence-electron chi connectivity index (χ4n) is 3.57. The molecule has 0 amide bonds. The Morgan fingerprint density at radius 3 is 2.60 bits per heavy atom. The molecule has 1 N–H and O–H groups in total. The van der Waals surface area contributed by atoms with Gasteiger partial charge < -0.3 is 5.32 Å². The third kappa shape index (κ3) is 3.56. The van der Waals surface area contributed by atoms with E-state index in [-0.39, 0.29) is 0 Å². The highest BCUT2D eigenvalue weighted by Crippen LogP contribution is 2.40. The minimum Gasteiger partial charge on any atom is -0.313 e. The SMILES string of the molecule is Cc1ccc(CC2(CNC3CC3)CCCCC2)c(Cl)c1. The summed E-state index contributed by atoms with van der Waals surface area (Å²) >= 11 is 6.47. The highest BCUT2D eigenvalue weighted by Gasteiger charge is 2.34. The van der Waals surface area contributed by atoms with Gasteiger partial charge in [0.05, 0.1) is 0 Å². The van der Waals surface area contributed by atoms with E-state index >= 15 is 0 Å². The van der Waals surface area contributed by atoms with Crippen LogP contribution in [0.15, 0.2) is 18.2 Å². The van der Waals surface area contributed by atoms with Crippen LogP contribution in [0.3, 0.4) is 0 Å². The highest BCUT2D eigenvalue weighted by molar-refractivity contribution is 6.31. The van der Waals surface area contributed by atoms with Crippen molar-refractivity contribution in [2.45, 2.75) is 64.3 Å². The molecular weight excluding hydrogens is 266 g/mol. The fraction of sp³-hybridized carbons (Fsp3) is 0.667. The summed E-state index contributed by atoms with van der Waals surface area (Å²) in [7, 11) is 0. The Kier molecular flexibility index (Phi) is 4.37. The highest BCUT2D eigenvalue weighted by atomic mass is 35.5. The summed E-state index contributed by atoms with van der Waals surface area (Å²) in [6.45, 7) is 3.29. The second-order valence-corrected chi connectivity index (χ2v) is 7.39. The van der Waals surface area contributed by atoms with Crippen LogP contribution in [0.1, 0.15) is 56.1 Å². The molecule has 20 heavy (non-hydrogen) atoms. The topological polar surface area (TPSA) is 12.0 Å². The van der Waals surface area contributed by atoms with Crippen LogP contribution < -0.4 is 5.32 Å². The lowest BCUT2D eigenvalue weighted by Gasteiger charge is -2.38. The summed E-state index contributed by atoms with van der Waals surface area (Å²) in [5.41, 5.74) is 3.05. The second kappa shape index (κ2) is 6.07. The first-order valence-electron chi connectivity index (χ1n) is 8.15. The predicted octanol–water partition coefficient (Wildman–Crippen LogP) is 4.89. The Labute approximate surface area is 128 Å². The zero-order valence-electron chi connectivity index (χ0n) is 12.6. The van der Waals surface area contributed by atoms with Gasteiger partial charge in [0.15, 0.2) is 0 Å². The standard InChI is InChI=1S/C18H26ClN/c1-14-5-6-15(17(19)11-14)12-18(9-3-2-4-10-18)13-20-16-7-8-16/h5-6,11,16,20H,2-4,7-10,12-13H2,1H3. The number of hydrogen-bond acceptors (Lipinski definition) is 1. The van der Waals surface area contributed by atoms with E-state index in [2.05, 4.69) is 30.4 Å². The van der Waals surface area contributed by atoms with Crippen molar-refractivity contribution < 1.29 is 0 Å². The lowest BCUT2D eigenvalue weighted by Crippen LogP contribution is -2.38. The van der Waals surface area contributed by atoms with Gasteiger partial charge in [0.1, 0.15) is 0 Å². The van der Waals surface area contributed by atoms with E-state index < -0.39 is 0 Å². The monoisotopic (exact) mass is 291 g/mol. The van der Waals surface area contributed by atoms with Crippen molar-refractivity contribution in [1.29, 1.82) is 0 Å². The van der Waals surface area contributed by atoms with E-state index in [1.54, 1.807) is 0 Å². The van der Waals surface area contributed by atoms with Crippen molar-refractivity contribution in [2.24, 2.45) is 5.41 Å².